The van der Waals surface area contributed by atoms with Gasteiger partial charge in [0.05, 0.1) is 57.0 Å². The summed E-state index contributed by atoms with van der Waals surface area (Å²) in [4.78, 5) is 87.6. The van der Waals surface area contributed by atoms with Crippen LogP contribution in [0.4, 0.5) is 11.4 Å². The van der Waals surface area contributed by atoms with Crippen LogP contribution < -0.4 is 20.9 Å². The molecule has 0 spiro atoms. The van der Waals surface area contributed by atoms with Crippen LogP contribution in [0, 0.1) is 0 Å². The third-order valence-corrected chi connectivity index (χ3v) is 16.2. The molecule has 0 radical (unpaired) electrons. The van der Waals surface area contributed by atoms with Crippen LogP contribution in [0.1, 0.15) is 128 Å². The van der Waals surface area contributed by atoms with Gasteiger partial charge in [-0.05, 0) is 172 Å². The Labute approximate surface area is 491 Å². The van der Waals surface area contributed by atoms with Gasteiger partial charge in [-0.2, -0.15) is 0 Å². The van der Waals surface area contributed by atoms with E-state index in [2.05, 4.69) is 119 Å². The lowest BCUT2D eigenvalue weighted by Crippen LogP contribution is -2.33. The first kappa shape index (κ1) is 59.2. The van der Waals surface area contributed by atoms with Gasteiger partial charge >= 0.3 is 11.9 Å². The van der Waals surface area contributed by atoms with E-state index in [-0.39, 0.29) is 54.4 Å². The Kier molecular flexibility index (Phi) is 18.3. The van der Waals surface area contributed by atoms with Crippen LogP contribution in [-0.4, -0.2) is 138 Å². The number of likely N-dealkylation sites (tertiary alicyclic amines) is 2. The number of aromatic nitrogens is 8. The first-order valence-corrected chi connectivity index (χ1v) is 30.1. The number of aromatic amines is 2. The fourth-order valence-corrected chi connectivity index (χ4v) is 11.5. The summed E-state index contributed by atoms with van der Waals surface area (Å²) in [5, 5.41) is 0. The minimum Gasteiger partial charge on any atom is -0.460 e. The average molecular weight is 1140 g/mol. The van der Waals surface area contributed by atoms with E-state index in [0.717, 1.165) is 116 Å². The van der Waals surface area contributed by atoms with Crippen molar-refractivity contribution < 1.29 is 19.1 Å². The molecule has 442 valence electrons. The Morgan fingerprint density at radius 2 is 1.01 bits per heavy atom. The van der Waals surface area contributed by atoms with Gasteiger partial charge in [0.25, 0.3) is 11.1 Å². The second-order valence-corrected chi connectivity index (χ2v) is 24.1. The van der Waals surface area contributed by atoms with Crippen molar-refractivity contribution in [3.63, 3.8) is 0 Å². The minimum absolute atomic E-state index is 0.0137. The number of H-pyrrole nitrogens is 2. The fraction of sp³-hybridized carbons (Fsp3) is 0.455. The van der Waals surface area contributed by atoms with Crippen molar-refractivity contribution in [3.05, 3.63) is 128 Å². The average Bonchev–Trinajstić information content (AvgIpc) is 2.57. The molecule has 2 saturated heterocycles. The molecule has 2 fully saturated rings. The van der Waals surface area contributed by atoms with Crippen LogP contribution in [0.25, 0.3) is 68.4 Å². The Morgan fingerprint density at radius 3 is 1.45 bits per heavy atom. The predicted molar refractivity (Wildman–Crippen MR) is 338 cm³/mol. The molecule has 10 rings (SSSR count). The summed E-state index contributed by atoms with van der Waals surface area (Å²) >= 11 is 0. The number of aryl methyl sites for hydroxylation is 2. The summed E-state index contributed by atoms with van der Waals surface area (Å²) in [5.74, 6) is 0.877. The van der Waals surface area contributed by atoms with E-state index in [1.165, 1.54) is 31.4 Å². The third-order valence-electron chi connectivity index (χ3n) is 16.2. The number of ether oxygens (including phenoxy) is 2. The highest BCUT2D eigenvalue weighted by Gasteiger charge is 2.25. The quantitative estimate of drug-likeness (QED) is 0.0543. The molecule has 84 heavy (non-hydrogen) atoms. The van der Waals surface area contributed by atoms with Crippen LogP contribution in [0.5, 0.6) is 0 Å². The van der Waals surface area contributed by atoms with Gasteiger partial charge in [0.2, 0.25) is 0 Å². The summed E-state index contributed by atoms with van der Waals surface area (Å²) in [5.41, 5.74) is 8.72. The number of hydrogen-bond acceptors (Lipinski definition) is 14. The largest absolute Gasteiger partial charge is 0.460 e. The molecule has 4 aromatic heterocycles. The highest BCUT2D eigenvalue weighted by molar-refractivity contribution is 5.94. The predicted octanol–water partition coefficient (Wildman–Crippen LogP) is 10.3. The number of nitrogens with one attached hydrogen (secondary N) is 2. The van der Waals surface area contributed by atoms with Crippen molar-refractivity contribution in [2.75, 3.05) is 75.8 Å². The lowest BCUT2D eigenvalue weighted by atomic mass is 10.0. The monoisotopic (exact) mass is 1140 g/mol. The highest BCUT2D eigenvalue weighted by atomic mass is 16.6. The summed E-state index contributed by atoms with van der Waals surface area (Å²) < 4.78 is 16.0. The molecule has 2 aliphatic rings. The Hall–Kier alpha value is -7.96. The maximum atomic E-state index is 13.5. The van der Waals surface area contributed by atoms with E-state index in [0.29, 0.717) is 40.7 Å². The standard InChI is InChI=1S/C66H82N12O6/c1-9-76(10-2)48-23-17-46(18-24-48)20-28-60-70-56-42-52-54(44-58(56)78(60)40-38-75-34-13-14-35-75)68-50(64(82)72-52)26-30-62(80)84-66(6,7)31-36-73(8)47-21-15-45(16-22-47)19-27-59-69-55-41-51-53(43-57(55)77(59)39-37-74-32-11-12-33-74)67-49(63(81)71-51)25-29-61(79)83-65(3,4)5/h15-24,27-28,41-44H,9-14,25-26,29-40H2,1-8H3,(H,71,81)(H,72,82). The lowest BCUT2D eigenvalue weighted by Gasteiger charge is -2.28. The van der Waals surface area contributed by atoms with E-state index in [1.807, 2.05) is 72.0 Å². The molecular weight excluding hydrogens is 1060 g/mol. The molecule has 0 unspecified atom stereocenters. The lowest BCUT2D eigenvalue weighted by molar-refractivity contribution is -0.157. The molecule has 0 aliphatic carbocycles. The molecule has 2 aliphatic heterocycles. The highest BCUT2D eigenvalue weighted by Crippen LogP contribution is 2.28. The molecule has 0 saturated carbocycles. The van der Waals surface area contributed by atoms with Crippen molar-refractivity contribution in [1.82, 2.24) is 48.8 Å². The number of carbonyl (C=O) groups excluding carboxylic acids is 2. The molecule has 4 aromatic carbocycles. The van der Waals surface area contributed by atoms with Gasteiger partial charge in [-0.3, -0.25) is 19.2 Å². The number of esters is 2. The zero-order valence-electron chi connectivity index (χ0n) is 50.3. The van der Waals surface area contributed by atoms with Crippen molar-refractivity contribution in [2.24, 2.45) is 0 Å². The first-order chi connectivity index (χ1) is 40.4. The summed E-state index contributed by atoms with van der Waals surface area (Å²) in [6.45, 7) is 23.8. The first-order valence-electron chi connectivity index (χ1n) is 30.1. The Bertz CT molecular complexity index is 3810. The second-order valence-electron chi connectivity index (χ2n) is 24.1. The number of rotatable bonds is 24. The topological polar surface area (TPSA) is 193 Å². The maximum Gasteiger partial charge on any atom is 0.306 e. The van der Waals surface area contributed by atoms with Gasteiger partial charge in [-0.15, -0.1) is 0 Å². The van der Waals surface area contributed by atoms with Gasteiger partial charge < -0.3 is 48.2 Å². The molecule has 18 nitrogen and oxygen atoms in total. The number of benzene rings is 4. The van der Waals surface area contributed by atoms with Gasteiger partial charge in [-0.1, -0.05) is 36.4 Å². The number of anilines is 2. The van der Waals surface area contributed by atoms with E-state index >= 15 is 0 Å². The SMILES string of the molecule is CCN(CC)c1ccc(C=Cc2nc3cc4[nH]c(=O)c(CCC(=O)OC(C)(C)CCN(C)c5ccc(C=Cc6nc7cc8[nH]c(=O)c(CCC(=O)OC(C)(C)C)nc8cc7n6CCN6CCCC6)cc5)nc4cc3n2CCN2CCCC2)cc1. The van der Waals surface area contributed by atoms with Crippen molar-refractivity contribution >= 4 is 91.8 Å². The molecular formula is C66H82N12O6. The van der Waals surface area contributed by atoms with E-state index in [4.69, 9.17) is 29.4 Å². The van der Waals surface area contributed by atoms with Crippen LogP contribution in [-0.2, 0) is 45.0 Å². The fourth-order valence-electron chi connectivity index (χ4n) is 11.5. The summed E-state index contributed by atoms with van der Waals surface area (Å²) in [6, 6.07) is 24.7. The van der Waals surface area contributed by atoms with Crippen molar-refractivity contribution in [3.8, 4) is 0 Å². The van der Waals surface area contributed by atoms with Crippen LogP contribution in [0.3, 0.4) is 0 Å². The molecule has 6 heterocycles. The van der Waals surface area contributed by atoms with E-state index in [9.17, 15) is 19.2 Å². The summed E-state index contributed by atoms with van der Waals surface area (Å²) in [7, 11) is 2.03. The molecule has 0 amide bonds. The van der Waals surface area contributed by atoms with E-state index in [1.54, 1.807) is 0 Å². The number of hydrogen-bond donors (Lipinski definition) is 2. The number of imidazole rings is 2. The number of fused-ring (bicyclic) bond motifs is 4. The van der Waals surface area contributed by atoms with Crippen molar-refractivity contribution in [1.29, 1.82) is 0 Å². The molecule has 2 N–H and O–H groups in total. The maximum absolute atomic E-state index is 13.5. The molecule has 8 aromatic rings. The molecule has 0 atom stereocenters. The molecule has 18 heteroatoms. The number of carbonyl (C=O) groups is 2. The van der Waals surface area contributed by atoms with Gasteiger partial charge in [0.15, 0.2) is 0 Å². The van der Waals surface area contributed by atoms with Gasteiger partial charge in [-0.25, -0.2) is 19.9 Å². The molecule has 0 bridgehead atoms. The Balaban J connectivity index is 0.765. The smallest absolute Gasteiger partial charge is 0.306 e. The zero-order chi connectivity index (χ0) is 59.1. The van der Waals surface area contributed by atoms with Crippen LogP contribution in [0.15, 0.2) is 82.4 Å². The normalized spacial score (nSPS) is 14.6. The summed E-state index contributed by atoms with van der Waals surface area (Å²) in [6.07, 6.45) is 14.1. The zero-order valence-corrected chi connectivity index (χ0v) is 50.3. The van der Waals surface area contributed by atoms with Crippen LogP contribution in [0.2, 0.25) is 0 Å². The minimum atomic E-state index is -0.765. The van der Waals surface area contributed by atoms with Crippen LogP contribution >= 0.6 is 0 Å². The van der Waals surface area contributed by atoms with Gasteiger partial charge in [0.1, 0.15) is 34.2 Å². The van der Waals surface area contributed by atoms with Gasteiger partial charge in [0, 0.05) is 83.5 Å². The Morgan fingerprint density at radius 1 is 0.571 bits per heavy atom. The number of nitrogens with zero attached hydrogens (tertiary/aromatic N) is 10. The van der Waals surface area contributed by atoms with Crippen molar-refractivity contribution in [2.45, 2.75) is 131 Å². The second kappa shape index (κ2) is 25.9. The van der Waals surface area contributed by atoms with E-state index < -0.39 is 11.2 Å². The third kappa shape index (κ3) is 14.7.